The highest BCUT2D eigenvalue weighted by Gasteiger charge is 2.04. The number of hydrogen-bond donors (Lipinski definition) is 2. The minimum atomic E-state index is -2.82. The van der Waals surface area contributed by atoms with Crippen molar-refractivity contribution in [2.24, 2.45) is 5.73 Å². The fourth-order valence-electron chi connectivity index (χ4n) is 1.86. The first kappa shape index (κ1) is 17.4. The van der Waals surface area contributed by atoms with Gasteiger partial charge in [0.05, 0.1) is 0 Å². The van der Waals surface area contributed by atoms with Gasteiger partial charge in [-0.05, 0) is 37.1 Å². The largest absolute Gasteiger partial charge is 0.435 e. The Bertz CT molecular complexity index is 411. The van der Waals surface area contributed by atoms with Gasteiger partial charge < -0.3 is 15.8 Å². The fourth-order valence-corrected chi connectivity index (χ4v) is 1.86. The van der Waals surface area contributed by atoms with Crippen LogP contribution < -0.4 is 15.8 Å². The summed E-state index contributed by atoms with van der Waals surface area (Å²) in [6, 6.07) is 6.22. The Hall–Kier alpha value is -1.69. The third-order valence-electron chi connectivity index (χ3n) is 3.00. The molecule has 1 aromatic carbocycles. The van der Waals surface area contributed by atoms with Crippen LogP contribution in [0.3, 0.4) is 0 Å². The second-order valence-electron chi connectivity index (χ2n) is 4.75. The highest BCUT2D eigenvalue weighted by Crippen LogP contribution is 2.14. The van der Waals surface area contributed by atoms with Crippen LogP contribution in [-0.4, -0.2) is 19.1 Å². The van der Waals surface area contributed by atoms with Crippen molar-refractivity contribution in [3.63, 3.8) is 0 Å². The molecule has 118 valence electrons. The molecule has 0 aromatic heterocycles. The van der Waals surface area contributed by atoms with Crippen molar-refractivity contribution in [2.45, 2.75) is 45.3 Å². The zero-order valence-electron chi connectivity index (χ0n) is 12.0. The van der Waals surface area contributed by atoms with Gasteiger partial charge in [0.1, 0.15) is 5.75 Å². The van der Waals surface area contributed by atoms with E-state index in [0.29, 0.717) is 19.5 Å². The number of carbonyl (C=O) groups is 1. The predicted octanol–water partition coefficient (Wildman–Crippen LogP) is 2.81. The summed E-state index contributed by atoms with van der Waals surface area (Å²) in [6.07, 6.45) is 4.40. The molecule has 0 aliphatic rings. The predicted molar refractivity (Wildman–Crippen MR) is 77.1 cm³/mol. The number of nitrogens with one attached hydrogen (secondary N) is 1. The third-order valence-corrected chi connectivity index (χ3v) is 3.00. The molecule has 1 aromatic rings. The maximum absolute atomic E-state index is 12.0. The van der Waals surface area contributed by atoms with Gasteiger partial charge in [-0.1, -0.05) is 25.0 Å². The number of benzene rings is 1. The lowest BCUT2D eigenvalue weighted by Gasteiger charge is -2.07. The van der Waals surface area contributed by atoms with Gasteiger partial charge in [-0.3, -0.25) is 4.79 Å². The average molecular weight is 300 g/mol. The second-order valence-corrected chi connectivity index (χ2v) is 4.75. The summed E-state index contributed by atoms with van der Waals surface area (Å²) in [6.45, 7) is -1.75. The summed E-state index contributed by atoms with van der Waals surface area (Å²) in [5, 5.41) is 2.80. The van der Waals surface area contributed by atoms with Crippen molar-refractivity contribution >= 4 is 5.91 Å². The highest BCUT2D eigenvalue weighted by molar-refractivity contribution is 5.75. The molecule has 1 amide bonds. The van der Waals surface area contributed by atoms with Crippen molar-refractivity contribution in [1.29, 1.82) is 0 Å². The van der Waals surface area contributed by atoms with Crippen LogP contribution in [0.1, 0.15) is 37.7 Å². The monoisotopic (exact) mass is 300 g/mol. The summed E-state index contributed by atoms with van der Waals surface area (Å²) < 4.78 is 28.2. The summed E-state index contributed by atoms with van der Waals surface area (Å²) in [7, 11) is 0. The molecule has 0 radical (unpaired) electrons. The number of ether oxygens (including phenoxy) is 1. The van der Waals surface area contributed by atoms with Crippen molar-refractivity contribution < 1.29 is 18.3 Å². The van der Waals surface area contributed by atoms with Crippen LogP contribution in [0.5, 0.6) is 5.75 Å². The van der Waals surface area contributed by atoms with Crippen molar-refractivity contribution in [2.75, 3.05) is 6.54 Å². The van der Waals surface area contributed by atoms with Gasteiger partial charge in [0.25, 0.3) is 0 Å². The van der Waals surface area contributed by atoms with E-state index < -0.39 is 6.61 Å². The molecule has 0 saturated carbocycles. The second kappa shape index (κ2) is 10.1. The zero-order chi connectivity index (χ0) is 15.5. The topological polar surface area (TPSA) is 64.4 Å². The lowest BCUT2D eigenvalue weighted by atomic mass is 10.1. The van der Waals surface area contributed by atoms with E-state index in [1.807, 2.05) is 0 Å². The number of unbranched alkanes of at least 4 members (excludes halogenated alkanes) is 3. The highest BCUT2D eigenvalue weighted by atomic mass is 19.3. The molecule has 0 spiro atoms. The molecule has 21 heavy (non-hydrogen) atoms. The molecule has 0 saturated heterocycles. The SMILES string of the molecule is NCCCCCCC(=O)NCc1ccc(OC(F)F)cc1. The number of carbonyl (C=O) groups excluding carboxylic acids is 1. The van der Waals surface area contributed by atoms with E-state index in [9.17, 15) is 13.6 Å². The Labute approximate surface area is 123 Å². The maximum atomic E-state index is 12.0. The first-order valence-electron chi connectivity index (χ1n) is 7.12. The van der Waals surface area contributed by atoms with E-state index in [2.05, 4.69) is 10.1 Å². The van der Waals surface area contributed by atoms with E-state index in [1.54, 1.807) is 12.1 Å². The number of halogens is 2. The van der Waals surface area contributed by atoms with E-state index in [1.165, 1.54) is 12.1 Å². The van der Waals surface area contributed by atoms with Crippen LogP contribution in [0.15, 0.2) is 24.3 Å². The smallest absolute Gasteiger partial charge is 0.387 e. The lowest BCUT2D eigenvalue weighted by molar-refractivity contribution is -0.121. The van der Waals surface area contributed by atoms with Crippen LogP contribution in [0.4, 0.5) is 8.78 Å². The van der Waals surface area contributed by atoms with Gasteiger partial charge in [-0.15, -0.1) is 0 Å². The standard InChI is InChI=1S/C15H22F2N2O2/c16-15(17)21-13-8-6-12(7-9-13)11-19-14(20)5-3-1-2-4-10-18/h6-9,15H,1-5,10-11,18H2,(H,19,20). The van der Waals surface area contributed by atoms with Crippen molar-refractivity contribution in [1.82, 2.24) is 5.32 Å². The Morgan fingerprint density at radius 2 is 1.81 bits per heavy atom. The van der Waals surface area contributed by atoms with E-state index in [0.717, 1.165) is 31.2 Å². The van der Waals surface area contributed by atoms with E-state index >= 15 is 0 Å². The first-order chi connectivity index (χ1) is 10.1. The molecular weight excluding hydrogens is 278 g/mol. The molecule has 4 nitrogen and oxygen atoms in total. The van der Waals surface area contributed by atoms with Crippen molar-refractivity contribution in [3.8, 4) is 5.75 Å². The quantitative estimate of drug-likeness (QED) is 0.653. The summed E-state index contributed by atoms with van der Waals surface area (Å²) in [4.78, 5) is 11.6. The molecule has 0 fully saturated rings. The van der Waals surface area contributed by atoms with Crippen molar-refractivity contribution in [3.05, 3.63) is 29.8 Å². The molecule has 1 rings (SSSR count). The lowest BCUT2D eigenvalue weighted by Crippen LogP contribution is -2.22. The van der Waals surface area contributed by atoms with Gasteiger partial charge in [-0.25, -0.2) is 0 Å². The normalized spacial score (nSPS) is 10.7. The van der Waals surface area contributed by atoms with Crippen LogP contribution >= 0.6 is 0 Å². The molecule has 0 heterocycles. The fraction of sp³-hybridized carbons (Fsp3) is 0.533. The van der Waals surface area contributed by atoms with E-state index in [-0.39, 0.29) is 11.7 Å². The Morgan fingerprint density at radius 1 is 1.14 bits per heavy atom. The van der Waals surface area contributed by atoms with Gasteiger partial charge in [0, 0.05) is 13.0 Å². The molecule has 6 heteroatoms. The van der Waals surface area contributed by atoms with Gasteiger partial charge >= 0.3 is 6.61 Å². The minimum Gasteiger partial charge on any atom is -0.435 e. The first-order valence-corrected chi connectivity index (χ1v) is 7.12. The number of nitrogens with two attached hydrogens (primary N) is 1. The molecule has 3 N–H and O–H groups in total. The number of rotatable bonds is 10. The molecule has 0 bridgehead atoms. The van der Waals surface area contributed by atoms with Gasteiger partial charge in [0.15, 0.2) is 0 Å². The molecule has 0 atom stereocenters. The third kappa shape index (κ3) is 8.24. The summed E-state index contributed by atoms with van der Waals surface area (Å²) in [5.41, 5.74) is 6.23. The molecule has 0 aliphatic carbocycles. The molecular formula is C15H22F2N2O2. The van der Waals surface area contributed by atoms with Crippen LogP contribution in [-0.2, 0) is 11.3 Å². The zero-order valence-corrected chi connectivity index (χ0v) is 12.0. The maximum Gasteiger partial charge on any atom is 0.387 e. The van der Waals surface area contributed by atoms with Crippen LogP contribution in [0, 0.1) is 0 Å². The number of alkyl halides is 2. The van der Waals surface area contributed by atoms with Crippen LogP contribution in [0.25, 0.3) is 0 Å². The summed E-state index contributed by atoms with van der Waals surface area (Å²) >= 11 is 0. The number of hydrogen-bond acceptors (Lipinski definition) is 3. The number of amides is 1. The average Bonchev–Trinajstić information content (AvgIpc) is 2.46. The Balaban J connectivity index is 2.20. The summed E-state index contributed by atoms with van der Waals surface area (Å²) in [5.74, 6) is 0.107. The van der Waals surface area contributed by atoms with Gasteiger partial charge in [0.2, 0.25) is 5.91 Å². The minimum absolute atomic E-state index is 0.00402. The molecule has 0 unspecified atom stereocenters. The van der Waals surface area contributed by atoms with Crippen LogP contribution in [0.2, 0.25) is 0 Å². The van der Waals surface area contributed by atoms with Gasteiger partial charge in [-0.2, -0.15) is 8.78 Å². The Kier molecular flexibility index (Phi) is 8.35. The Morgan fingerprint density at radius 3 is 2.43 bits per heavy atom. The van der Waals surface area contributed by atoms with E-state index in [4.69, 9.17) is 5.73 Å². The molecule has 0 aliphatic heterocycles.